The summed E-state index contributed by atoms with van der Waals surface area (Å²) in [6.45, 7) is 9.21. The molecule has 1 fully saturated rings. The van der Waals surface area contributed by atoms with Gasteiger partial charge in [-0.2, -0.15) is 0 Å². The summed E-state index contributed by atoms with van der Waals surface area (Å²) in [5, 5.41) is 0. The molecule has 0 aromatic carbocycles. The summed E-state index contributed by atoms with van der Waals surface area (Å²) in [7, 11) is -2.79. The number of rotatable bonds is 3. The molecule has 1 heterocycles. The number of ether oxygens (including phenoxy) is 4. The molecule has 0 aromatic heterocycles. The first-order valence-corrected chi connectivity index (χ1v) is 9.47. The molecule has 0 N–H and O–H groups in total. The smallest absolute Gasteiger partial charge is 0.269 e. The van der Waals surface area contributed by atoms with E-state index in [-0.39, 0.29) is 0 Å². The molecule has 0 radical (unpaired) electrons. The van der Waals surface area contributed by atoms with Crippen LogP contribution in [0, 0.1) is 0 Å². The van der Waals surface area contributed by atoms with E-state index in [1.54, 1.807) is 11.3 Å². The highest BCUT2D eigenvalue weighted by atomic mass is 31.2. The summed E-state index contributed by atoms with van der Waals surface area (Å²) in [6.07, 6.45) is 0. The Balaban J connectivity index is 2.45. The predicted octanol–water partition coefficient (Wildman–Crippen LogP) is 1.23. The minimum atomic E-state index is -2.79. The highest BCUT2D eigenvalue weighted by Gasteiger charge is 2.25. The van der Waals surface area contributed by atoms with Crippen LogP contribution in [0.1, 0.15) is 6.92 Å². The number of hydrogen-bond donors (Lipinski definition) is 0. The van der Waals surface area contributed by atoms with E-state index in [4.69, 9.17) is 23.5 Å². The van der Waals surface area contributed by atoms with Crippen molar-refractivity contribution in [2.75, 3.05) is 79.2 Å². The molecule has 0 aromatic rings. The van der Waals surface area contributed by atoms with E-state index < -0.39 is 7.52 Å². The molecule has 126 valence electrons. The molecule has 1 saturated heterocycles. The summed E-state index contributed by atoms with van der Waals surface area (Å²) in [6, 6.07) is 0. The molecule has 0 aliphatic carbocycles. The fourth-order valence-corrected chi connectivity index (χ4v) is 3.43. The highest BCUT2D eigenvalue weighted by molar-refractivity contribution is 7.55. The van der Waals surface area contributed by atoms with Gasteiger partial charge in [-0.3, -0.25) is 4.57 Å². The monoisotopic (exact) mass is 325 g/mol. The molecule has 0 saturated carbocycles. The highest BCUT2D eigenvalue weighted by Crippen LogP contribution is 2.46. The van der Waals surface area contributed by atoms with Crippen LogP contribution in [0.25, 0.3) is 0 Å². The van der Waals surface area contributed by atoms with Crippen LogP contribution in [0.3, 0.4) is 0 Å². The van der Waals surface area contributed by atoms with Gasteiger partial charge in [-0.15, -0.1) is 0 Å². The Bertz CT molecular complexity index is 288. The third-order valence-electron chi connectivity index (χ3n) is 2.99. The molecule has 21 heavy (non-hydrogen) atoms. The van der Waals surface area contributed by atoms with Crippen LogP contribution in [0.5, 0.6) is 0 Å². The van der Waals surface area contributed by atoms with Gasteiger partial charge in [0.05, 0.1) is 59.5 Å². The summed E-state index contributed by atoms with van der Waals surface area (Å²) in [5.74, 6) is 0. The van der Waals surface area contributed by atoms with Gasteiger partial charge in [-0.05, 0) is 6.92 Å². The minimum Gasteiger partial charge on any atom is -0.378 e. The molecule has 1 aliphatic heterocycles. The zero-order chi connectivity index (χ0) is 15.4. The predicted molar refractivity (Wildman–Crippen MR) is 80.0 cm³/mol. The van der Waals surface area contributed by atoms with Crippen LogP contribution >= 0.6 is 7.52 Å². The van der Waals surface area contributed by atoms with Gasteiger partial charge >= 0.3 is 0 Å². The summed E-state index contributed by atoms with van der Waals surface area (Å²) < 4.78 is 41.4. The Morgan fingerprint density at radius 2 is 1.24 bits per heavy atom. The second-order valence-electron chi connectivity index (χ2n) is 4.62. The van der Waals surface area contributed by atoms with E-state index in [9.17, 15) is 4.57 Å². The first kappa shape index (κ1) is 19.0. The Morgan fingerprint density at radius 1 is 0.857 bits per heavy atom. The fraction of sp³-hybridized carbons (Fsp3) is 1.00. The largest absolute Gasteiger partial charge is 0.378 e. The molecule has 7 nitrogen and oxygen atoms in total. The molecule has 8 heteroatoms. The molecule has 1 rings (SSSR count). The van der Waals surface area contributed by atoms with Gasteiger partial charge in [0, 0.05) is 19.8 Å². The molecule has 0 spiro atoms. The third kappa shape index (κ3) is 8.88. The van der Waals surface area contributed by atoms with Crippen molar-refractivity contribution in [2.45, 2.75) is 6.92 Å². The fourth-order valence-electron chi connectivity index (χ4n) is 1.90. The average Bonchev–Trinajstić information content (AvgIpc) is 2.45. The third-order valence-corrected chi connectivity index (χ3v) is 5.15. The van der Waals surface area contributed by atoms with Gasteiger partial charge in [0.15, 0.2) is 0 Å². The lowest BCUT2D eigenvalue weighted by Crippen LogP contribution is -2.29. The summed E-state index contributed by atoms with van der Waals surface area (Å²) in [5.41, 5.74) is 0. The van der Waals surface area contributed by atoms with Gasteiger partial charge < -0.3 is 23.5 Å². The maximum atomic E-state index is 12.5. The zero-order valence-corrected chi connectivity index (χ0v) is 14.0. The maximum absolute atomic E-state index is 12.5. The molecular formula is C13H28NO6P. The van der Waals surface area contributed by atoms with Gasteiger partial charge in [-0.1, -0.05) is 0 Å². The van der Waals surface area contributed by atoms with Crippen molar-refractivity contribution in [1.82, 2.24) is 4.67 Å². The minimum absolute atomic E-state index is 0.424. The van der Waals surface area contributed by atoms with Gasteiger partial charge in [0.25, 0.3) is 7.52 Å². The molecule has 1 unspecified atom stereocenters. The zero-order valence-electron chi connectivity index (χ0n) is 13.1. The van der Waals surface area contributed by atoms with Crippen molar-refractivity contribution in [2.24, 2.45) is 0 Å². The van der Waals surface area contributed by atoms with E-state index in [0.717, 1.165) is 0 Å². The van der Waals surface area contributed by atoms with Crippen LogP contribution in [0.4, 0.5) is 0 Å². The van der Waals surface area contributed by atoms with E-state index in [1.165, 1.54) is 0 Å². The van der Waals surface area contributed by atoms with Gasteiger partial charge in [0.2, 0.25) is 0 Å². The lowest BCUT2D eigenvalue weighted by atomic mass is 10.6. The molecular weight excluding hydrogens is 297 g/mol. The lowest BCUT2D eigenvalue weighted by Gasteiger charge is -2.28. The summed E-state index contributed by atoms with van der Waals surface area (Å²) >= 11 is 0. The Hall–Kier alpha value is -0.0100. The van der Waals surface area contributed by atoms with Crippen LogP contribution in [0.2, 0.25) is 0 Å². The van der Waals surface area contributed by atoms with Crippen LogP contribution in [-0.4, -0.2) is 83.9 Å². The Kier molecular flexibility index (Phi) is 10.5. The average molecular weight is 325 g/mol. The second kappa shape index (κ2) is 11.5. The lowest BCUT2D eigenvalue weighted by molar-refractivity contribution is 0.00206. The van der Waals surface area contributed by atoms with Crippen molar-refractivity contribution in [3.05, 3.63) is 0 Å². The Morgan fingerprint density at radius 3 is 1.62 bits per heavy atom. The van der Waals surface area contributed by atoms with Crippen LogP contribution in [0.15, 0.2) is 0 Å². The molecule has 1 aliphatic rings. The van der Waals surface area contributed by atoms with E-state index in [2.05, 4.69) is 0 Å². The molecule has 0 bridgehead atoms. The SMILES string of the molecule is CCOP(C)(=O)N1CCOCCOCCOCCOCC1. The van der Waals surface area contributed by atoms with E-state index in [1.807, 2.05) is 6.92 Å². The normalized spacial score (nSPS) is 24.7. The van der Waals surface area contributed by atoms with Crippen molar-refractivity contribution >= 4 is 7.52 Å². The quantitative estimate of drug-likeness (QED) is 0.723. The second-order valence-corrected chi connectivity index (χ2v) is 7.05. The van der Waals surface area contributed by atoms with E-state index in [0.29, 0.717) is 72.6 Å². The van der Waals surface area contributed by atoms with Crippen molar-refractivity contribution in [1.29, 1.82) is 0 Å². The van der Waals surface area contributed by atoms with Crippen molar-refractivity contribution in [3.63, 3.8) is 0 Å². The van der Waals surface area contributed by atoms with Gasteiger partial charge in [0.1, 0.15) is 0 Å². The maximum Gasteiger partial charge on any atom is 0.269 e. The number of nitrogens with zero attached hydrogens (tertiary/aromatic N) is 1. The first-order valence-electron chi connectivity index (χ1n) is 7.45. The summed E-state index contributed by atoms with van der Waals surface area (Å²) in [4.78, 5) is 0. The number of hydrogen-bond acceptors (Lipinski definition) is 6. The van der Waals surface area contributed by atoms with Crippen molar-refractivity contribution < 1.29 is 28.0 Å². The van der Waals surface area contributed by atoms with Crippen LogP contribution < -0.4 is 0 Å². The van der Waals surface area contributed by atoms with Gasteiger partial charge in [-0.25, -0.2) is 4.67 Å². The standard InChI is InChI=1S/C13H28NO6P/c1-3-20-21(2,15)14-4-6-16-8-10-18-12-13-19-11-9-17-7-5-14/h3-13H2,1-2H3. The Labute approximate surface area is 127 Å². The molecule has 0 amide bonds. The van der Waals surface area contributed by atoms with Crippen molar-refractivity contribution in [3.8, 4) is 0 Å². The molecule has 1 atom stereocenters. The first-order chi connectivity index (χ1) is 10.2. The topological polar surface area (TPSA) is 66.5 Å². The van der Waals surface area contributed by atoms with E-state index >= 15 is 0 Å². The van der Waals surface area contributed by atoms with Crippen LogP contribution in [-0.2, 0) is 28.0 Å².